The van der Waals surface area contributed by atoms with Crippen LogP contribution in [0.4, 0.5) is 0 Å². The molecule has 2 fully saturated rings. The number of rotatable bonds is 2. The highest BCUT2D eigenvalue weighted by atomic mass is 32.1. The molecule has 7 heteroatoms. The van der Waals surface area contributed by atoms with Gasteiger partial charge in [-0.2, -0.15) is 0 Å². The molecule has 1 aromatic rings. The molecule has 116 valence electrons. The molecule has 21 heavy (non-hydrogen) atoms. The molecule has 0 saturated carbocycles. The van der Waals surface area contributed by atoms with Crippen molar-refractivity contribution in [3.05, 3.63) is 16.1 Å². The van der Waals surface area contributed by atoms with Crippen molar-refractivity contribution >= 4 is 23.7 Å². The van der Waals surface area contributed by atoms with Gasteiger partial charge in [-0.25, -0.2) is 4.98 Å². The molecular weight excluding hydrogens is 290 g/mol. The number of nitrogens with zero attached hydrogens (tertiary/aromatic N) is 3. The van der Waals surface area contributed by atoms with Crippen LogP contribution >= 0.6 is 11.3 Å². The Balaban J connectivity index is 0.000000497. The van der Waals surface area contributed by atoms with Gasteiger partial charge >= 0.3 is 0 Å². The lowest BCUT2D eigenvalue weighted by Crippen LogP contribution is -2.65. The lowest BCUT2D eigenvalue weighted by atomic mass is 9.72. The number of amides is 1. The van der Waals surface area contributed by atoms with Crippen LogP contribution in [-0.2, 0) is 16.1 Å². The van der Waals surface area contributed by atoms with Crippen LogP contribution in [-0.4, -0.2) is 59.0 Å². The summed E-state index contributed by atoms with van der Waals surface area (Å²) in [5, 5.41) is 10.1. The third kappa shape index (κ3) is 3.41. The first kappa shape index (κ1) is 15.9. The number of aryl methyl sites for hydroxylation is 1. The summed E-state index contributed by atoms with van der Waals surface area (Å²) in [7, 11) is 1.90. The highest BCUT2D eigenvalue weighted by Crippen LogP contribution is 2.39. The number of carboxylic acid groups (broad SMARTS) is 1. The summed E-state index contributed by atoms with van der Waals surface area (Å²) in [5.41, 5.74) is 1.08. The first-order valence-electron chi connectivity index (χ1n) is 6.97. The van der Waals surface area contributed by atoms with Crippen LogP contribution in [0.25, 0.3) is 0 Å². The van der Waals surface area contributed by atoms with Crippen molar-refractivity contribution in [2.45, 2.75) is 26.3 Å². The van der Waals surface area contributed by atoms with E-state index in [1.165, 1.54) is 0 Å². The fraction of sp³-hybridized carbons (Fsp3) is 0.643. The molecule has 1 amide bonds. The number of β-lactam (4-membered cyclic amide) rings is 1. The minimum absolute atomic E-state index is 0.0714. The fourth-order valence-corrected chi connectivity index (χ4v) is 3.89. The van der Waals surface area contributed by atoms with Crippen molar-refractivity contribution in [2.24, 2.45) is 5.41 Å². The zero-order valence-corrected chi connectivity index (χ0v) is 13.2. The molecule has 2 aliphatic rings. The molecule has 0 aromatic carbocycles. The van der Waals surface area contributed by atoms with Gasteiger partial charge in [-0.05, 0) is 26.3 Å². The second-order valence-electron chi connectivity index (χ2n) is 5.72. The molecule has 0 bridgehead atoms. The molecule has 1 unspecified atom stereocenters. The smallest absolute Gasteiger partial charge is 0.290 e. The molecule has 1 atom stereocenters. The normalized spacial score (nSPS) is 25.2. The summed E-state index contributed by atoms with van der Waals surface area (Å²) < 4.78 is 0. The SMILES string of the molecule is Cc1nc(CN2CCCC3(C2)CN(C)C3=O)cs1.O=CO. The Labute approximate surface area is 128 Å². The van der Waals surface area contributed by atoms with Crippen LogP contribution in [0.5, 0.6) is 0 Å². The average Bonchev–Trinajstić information content (AvgIpc) is 2.85. The quantitative estimate of drug-likeness (QED) is 0.656. The number of hydrogen-bond acceptors (Lipinski definition) is 5. The van der Waals surface area contributed by atoms with Crippen LogP contribution < -0.4 is 0 Å². The van der Waals surface area contributed by atoms with E-state index in [9.17, 15) is 4.79 Å². The summed E-state index contributed by atoms with van der Waals surface area (Å²) >= 11 is 1.70. The van der Waals surface area contributed by atoms with E-state index in [0.717, 1.165) is 49.7 Å². The van der Waals surface area contributed by atoms with Gasteiger partial charge in [0.1, 0.15) is 0 Å². The number of likely N-dealkylation sites (tertiary alicyclic amines) is 2. The molecule has 6 nitrogen and oxygen atoms in total. The standard InChI is InChI=1S/C13H19N3OS.CH2O2/c1-10-14-11(7-18-10)6-16-5-3-4-13(9-16)8-15(2)12(13)17;2-1-3/h7H,3-6,8-9H2,1-2H3;1H,(H,2,3). The molecule has 1 spiro atoms. The lowest BCUT2D eigenvalue weighted by molar-refractivity contribution is -0.163. The molecule has 2 saturated heterocycles. The molecule has 3 heterocycles. The van der Waals surface area contributed by atoms with Crippen LogP contribution in [0.15, 0.2) is 5.38 Å². The number of aromatic nitrogens is 1. The van der Waals surface area contributed by atoms with Gasteiger partial charge in [-0.1, -0.05) is 0 Å². The fourth-order valence-electron chi connectivity index (χ4n) is 3.28. The Bertz CT molecular complexity index is 515. The Kier molecular flexibility index (Phi) is 4.95. The molecule has 1 aromatic heterocycles. The van der Waals surface area contributed by atoms with Crippen LogP contribution in [0.1, 0.15) is 23.5 Å². The molecular formula is C14H21N3O3S. The summed E-state index contributed by atoms with van der Waals surface area (Å²) in [6.07, 6.45) is 2.19. The maximum Gasteiger partial charge on any atom is 0.290 e. The Morgan fingerprint density at radius 1 is 1.52 bits per heavy atom. The molecule has 0 radical (unpaired) electrons. The van der Waals surface area contributed by atoms with Crippen LogP contribution in [0, 0.1) is 12.3 Å². The van der Waals surface area contributed by atoms with Crippen molar-refractivity contribution in [3.63, 3.8) is 0 Å². The van der Waals surface area contributed by atoms with Crippen LogP contribution in [0.2, 0.25) is 0 Å². The Hall–Kier alpha value is -1.47. The van der Waals surface area contributed by atoms with Crippen molar-refractivity contribution in [2.75, 3.05) is 26.7 Å². The third-order valence-corrected chi connectivity index (χ3v) is 4.87. The maximum atomic E-state index is 12.0. The monoisotopic (exact) mass is 311 g/mol. The third-order valence-electron chi connectivity index (χ3n) is 4.05. The van der Waals surface area contributed by atoms with E-state index < -0.39 is 0 Å². The van der Waals surface area contributed by atoms with E-state index in [2.05, 4.69) is 15.3 Å². The van der Waals surface area contributed by atoms with Gasteiger partial charge in [0, 0.05) is 32.1 Å². The lowest BCUT2D eigenvalue weighted by Gasteiger charge is -2.51. The average molecular weight is 311 g/mol. The minimum atomic E-state index is -0.250. The predicted octanol–water partition coefficient (Wildman–Crippen LogP) is 1.21. The molecule has 2 aliphatic heterocycles. The minimum Gasteiger partial charge on any atom is -0.483 e. The van der Waals surface area contributed by atoms with Crippen molar-refractivity contribution in [1.29, 1.82) is 0 Å². The van der Waals surface area contributed by atoms with Crippen molar-refractivity contribution in [3.8, 4) is 0 Å². The molecule has 0 aliphatic carbocycles. The number of hydrogen-bond donors (Lipinski definition) is 1. The van der Waals surface area contributed by atoms with Gasteiger partial charge in [-0.3, -0.25) is 14.5 Å². The van der Waals surface area contributed by atoms with Crippen molar-refractivity contribution in [1.82, 2.24) is 14.8 Å². The number of carbonyl (C=O) groups is 2. The zero-order valence-electron chi connectivity index (χ0n) is 12.4. The van der Waals surface area contributed by atoms with E-state index in [-0.39, 0.29) is 11.9 Å². The summed E-state index contributed by atoms with van der Waals surface area (Å²) in [4.78, 5) is 29.1. The highest BCUT2D eigenvalue weighted by Gasteiger charge is 2.52. The van der Waals surface area contributed by atoms with E-state index in [0.29, 0.717) is 5.91 Å². The van der Waals surface area contributed by atoms with Crippen LogP contribution in [0.3, 0.4) is 0 Å². The summed E-state index contributed by atoms with van der Waals surface area (Å²) in [6, 6.07) is 0. The van der Waals surface area contributed by atoms with Gasteiger partial charge in [0.2, 0.25) is 5.91 Å². The van der Waals surface area contributed by atoms with Gasteiger partial charge in [-0.15, -0.1) is 11.3 Å². The van der Waals surface area contributed by atoms with Crippen molar-refractivity contribution < 1.29 is 14.7 Å². The summed E-state index contributed by atoms with van der Waals surface area (Å²) in [5.74, 6) is 0.335. The maximum absolute atomic E-state index is 12.0. The topological polar surface area (TPSA) is 73.7 Å². The Morgan fingerprint density at radius 2 is 2.24 bits per heavy atom. The van der Waals surface area contributed by atoms with E-state index in [1.807, 2.05) is 18.9 Å². The number of piperidine rings is 1. The van der Waals surface area contributed by atoms with E-state index >= 15 is 0 Å². The first-order chi connectivity index (χ1) is 10.0. The highest BCUT2D eigenvalue weighted by molar-refractivity contribution is 7.09. The van der Waals surface area contributed by atoms with Gasteiger partial charge in [0.25, 0.3) is 6.47 Å². The molecule has 1 N–H and O–H groups in total. The number of carbonyl (C=O) groups excluding carboxylic acids is 1. The van der Waals surface area contributed by atoms with E-state index in [4.69, 9.17) is 9.90 Å². The molecule has 3 rings (SSSR count). The van der Waals surface area contributed by atoms with Gasteiger partial charge < -0.3 is 10.0 Å². The largest absolute Gasteiger partial charge is 0.483 e. The van der Waals surface area contributed by atoms with E-state index in [1.54, 1.807) is 11.3 Å². The van der Waals surface area contributed by atoms with Gasteiger partial charge in [0.15, 0.2) is 0 Å². The second-order valence-corrected chi connectivity index (χ2v) is 6.78. The summed E-state index contributed by atoms with van der Waals surface area (Å²) in [6.45, 7) is 5.61. The Morgan fingerprint density at radius 3 is 2.76 bits per heavy atom. The second kappa shape index (κ2) is 6.53. The predicted molar refractivity (Wildman–Crippen MR) is 80.1 cm³/mol. The number of thiazole rings is 1. The zero-order chi connectivity index (χ0) is 15.5. The van der Waals surface area contributed by atoms with Gasteiger partial charge in [0.05, 0.1) is 16.1 Å². The first-order valence-corrected chi connectivity index (χ1v) is 7.85.